The number of halogens is 2. The first kappa shape index (κ1) is 13.9. The van der Waals surface area contributed by atoms with E-state index < -0.39 is 0 Å². The number of nitrogens with two attached hydrogens (primary N) is 1. The average molecular weight is 297 g/mol. The van der Waals surface area contributed by atoms with E-state index in [4.69, 9.17) is 29.0 Å². The highest BCUT2D eigenvalue weighted by Crippen LogP contribution is 2.28. The molecule has 4 N–H and O–H groups in total. The molecule has 0 bridgehead atoms. The summed E-state index contributed by atoms with van der Waals surface area (Å²) in [6.45, 7) is 2.00. The zero-order chi connectivity index (χ0) is 13.8. The Bertz CT molecular complexity index is 574. The third-order valence-electron chi connectivity index (χ3n) is 2.69. The van der Waals surface area contributed by atoms with Crippen LogP contribution < -0.4 is 16.6 Å². The zero-order valence-corrected chi connectivity index (χ0v) is 11.8. The van der Waals surface area contributed by atoms with Crippen LogP contribution in [-0.4, -0.2) is 4.98 Å². The van der Waals surface area contributed by atoms with E-state index in [9.17, 15) is 0 Å². The summed E-state index contributed by atoms with van der Waals surface area (Å²) in [4.78, 5) is 4.29. The lowest BCUT2D eigenvalue weighted by Gasteiger charge is -2.17. The molecule has 0 fully saturated rings. The van der Waals surface area contributed by atoms with Crippen LogP contribution in [-0.2, 0) is 0 Å². The van der Waals surface area contributed by atoms with Gasteiger partial charge in [0, 0.05) is 10.0 Å². The minimum atomic E-state index is 0.00490. The summed E-state index contributed by atoms with van der Waals surface area (Å²) in [6.07, 6.45) is 0. The summed E-state index contributed by atoms with van der Waals surface area (Å²) in [6, 6.07) is 10.9. The maximum atomic E-state index is 6.17. The Kier molecular flexibility index (Phi) is 4.47. The molecule has 100 valence electrons. The maximum absolute atomic E-state index is 6.17. The van der Waals surface area contributed by atoms with Crippen LogP contribution >= 0.6 is 23.2 Å². The molecule has 1 heterocycles. The van der Waals surface area contributed by atoms with Crippen molar-refractivity contribution in [3.05, 3.63) is 52.0 Å². The number of hydrazine groups is 1. The number of nitrogens with one attached hydrogen (secondary N) is 2. The highest BCUT2D eigenvalue weighted by Gasteiger charge is 2.10. The van der Waals surface area contributed by atoms with E-state index in [1.54, 1.807) is 12.1 Å². The molecule has 1 unspecified atom stereocenters. The molecule has 0 aliphatic heterocycles. The molecule has 1 atom stereocenters. The Morgan fingerprint density at radius 3 is 2.58 bits per heavy atom. The molecule has 0 saturated carbocycles. The molecule has 2 aromatic rings. The van der Waals surface area contributed by atoms with Crippen LogP contribution in [0.2, 0.25) is 10.0 Å². The summed E-state index contributed by atoms with van der Waals surface area (Å²) in [5, 5.41) is 4.50. The molecular formula is C13H14Cl2N4. The van der Waals surface area contributed by atoms with Gasteiger partial charge in [-0.15, -0.1) is 0 Å². The smallest absolute Gasteiger partial charge is 0.142 e. The summed E-state index contributed by atoms with van der Waals surface area (Å²) >= 11 is 12.1. The first-order valence-corrected chi connectivity index (χ1v) is 6.51. The molecule has 1 aromatic heterocycles. The van der Waals surface area contributed by atoms with Gasteiger partial charge in [-0.2, -0.15) is 0 Å². The van der Waals surface area contributed by atoms with E-state index in [1.165, 1.54) is 0 Å². The second kappa shape index (κ2) is 6.10. The minimum Gasteiger partial charge on any atom is -0.363 e. The zero-order valence-electron chi connectivity index (χ0n) is 10.3. The quantitative estimate of drug-likeness (QED) is 0.592. The number of hydrogen-bond acceptors (Lipinski definition) is 4. The topological polar surface area (TPSA) is 63.0 Å². The molecule has 0 saturated heterocycles. The number of pyridine rings is 1. The van der Waals surface area contributed by atoms with Crippen LogP contribution in [0.1, 0.15) is 18.5 Å². The van der Waals surface area contributed by atoms with Crippen LogP contribution in [0, 0.1) is 0 Å². The van der Waals surface area contributed by atoms with Gasteiger partial charge in [0.1, 0.15) is 11.6 Å². The van der Waals surface area contributed by atoms with Gasteiger partial charge < -0.3 is 10.7 Å². The highest BCUT2D eigenvalue weighted by atomic mass is 35.5. The third kappa shape index (κ3) is 3.50. The molecule has 0 aliphatic carbocycles. The standard InChI is InChI=1S/C13H14Cl2N4/c1-8(10-6-5-9(14)7-11(10)15)17-12-3-2-4-13(18-12)19-16/h2-8H,16H2,1H3,(H2,17,18,19). The van der Waals surface area contributed by atoms with Crippen molar-refractivity contribution in [3.63, 3.8) is 0 Å². The molecule has 6 heteroatoms. The molecule has 4 nitrogen and oxygen atoms in total. The lowest BCUT2D eigenvalue weighted by molar-refractivity contribution is 0.875. The number of nitrogen functional groups attached to an aromatic ring is 1. The van der Waals surface area contributed by atoms with E-state index in [-0.39, 0.29) is 6.04 Å². The van der Waals surface area contributed by atoms with E-state index in [0.29, 0.717) is 21.7 Å². The number of anilines is 2. The van der Waals surface area contributed by atoms with Gasteiger partial charge in [-0.3, -0.25) is 0 Å². The van der Waals surface area contributed by atoms with Crippen LogP contribution in [0.15, 0.2) is 36.4 Å². The number of hydrogen-bond donors (Lipinski definition) is 3. The highest BCUT2D eigenvalue weighted by molar-refractivity contribution is 6.35. The molecule has 0 aliphatic rings. The van der Waals surface area contributed by atoms with Crippen LogP contribution in [0.5, 0.6) is 0 Å². The minimum absolute atomic E-state index is 0.00490. The second-order valence-corrected chi connectivity index (χ2v) is 4.93. The summed E-state index contributed by atoms with van der Waals surface area (Å²) in [5.41, 5.74) is 3.46. The average Bonchev–Trinajstić information content (AvgIpc) is 2.38. The SMILES string of the molecule is CC(Nc1cccc(NN)n1)c1ccc(Cl)cc1Cl. The van der Waals surface area contributed by atoms with Crippen molar-refractivity contribution in [2.24, 2.45) is 5.84 Å². The van der Waals surface area contributed by atoms with Gasteiger partial charge in [-0.25, -0.2) is 10.8 Å². The Labute approximate surface area is 121 Å². The Morgan fingerprint density at radius 2 is 1.89 bits per heavy atom. The van der Waals surface area contributed by atoms with Crippen LogP contribution in [0.3, 0.4) is 0 Å². The molecule has 0 amide bonds. The number of aromatic nitrogens is 1. The molecule has 19 heavy (non-hydrogen) atoms. The van der Waals surface area contributed by atoms with Crippen molar-refractivity contribution in [2.45, 2.75) is 13.0 Å². The van der Waals surface area contributed by atoms with Gasteiger partial charge in [0.15, 0.2) is 0 Å². The number of rotatable bonds is 4. The Hall–Kier alpha value is -1.49. The third-order valence-corrected chi connectivity index (χ3v) is 3.25. The van der Waals surface area contributed by atoms with Gasteiger partial charge in [0.2, 0.25) is 0 Å². The molecule has 1 aromatic carbocycles. The maximum Gasteiger partial charge on any atom is 0.142 e. The molecule has 0 radical (unpaired) electrons. The Morgan fingerprint density at radius 1 is 1.16 bits per heavy atom. The lowest BCUT2D eigenvalue weighted by atomic mass is 10.1. The second-order valence-electron chi connectivity index (χ2n) is 4.08. The van der Waals surface area contributed by atoms with E-state index >= 15 is 0 Å². The van der Waals surface area contributed by atoms with E-state index in [1.807, 2.05) is 31.2 Å². The molecule has 0 spiro atoms. The normalized spacial score (nSPS) is 12.0. The van der Waals surface area contributed by atoms with Crippen molar-refractivity contribution in [1.29, 1.82) is 0 Å². The van der Waals surface area contributed by atoms with Crippen LogP contribution in [0.4, 0.5) is 11.6 Å². The van der Waals surface area contributed by atoms with Crippen molar-refractivity contribution in [3.8, 4) is 0 Å². The predicted octanol–water partition coefficient (Wildman–Crippen LogP) is 3.85. The fourth-order valence-electron chi connectivity index (χ4n) is 1.75. The molecular weight excluding hydrogens is 283 g/mol. The van der Waals surface area contributed by atoms with E-state index in [0.717, 1.165) is 5.56 Å². The molecule has 2 rings (SSSR count). The van der Waals surface area contributed by atoms with Gasteiger partial charge in [-0.1, -0.05) is 35.3 Å². The monoisotopic (exact) mass is 296 g/mol. The van der Waals surface area contributed by atoms with Crippen molar-refractivity contribution >= 4 is 34.8 Å². The van der Waals surface area contributed by atoms with Gasteiger partial charge in [0.25, 0.3) is 0 Å². The van der Waals surface area contributed by atoms with Crippen molar-refractivity contribution < 1.29 is 0 Å². The summed E-state index contributed by atoms with van der Waals surface area (Å²) < 4.78 is 0. The first-order valence-electron chi connectivity index (χ1n) is 5.75. The lowest BCUT2D eigenvalue weighted by Crippen LogP contribution is -2.12. The van der Waals surface area contributed by atoms with Gasteiger partial charge in [-0.05, 0) is 36.8 Å². The Balaban J connectivity index is 2.17. The first-order chi connectivity index (χ1) is 9.10. The fourth-order valence-corrected chi connectivity index (χ4v) is 2.32. The number of benzene rings is 1. The number of nitrogens with zero attached hydrogens (tertiary/aromatic N) is 1. The van der Waals surface area contributed by atoms with Crippen molar-refractivity contribution in [2.75, 3.05) is 10.7 Å². The van der Waals surface area contributed by atoms with Crippen LogP contribution in [0.25, 0.3) is 0 Å². The van der Waals surface area contributed by atoms with E-state index in [2.05, 4.69) is 15.7 Å². The summed E-state index contributed by atoms with van der Waals surface area (Å²) in [7, 11) is 0. The largest absolute Gasteiger partial charge is 0.363 e. The summed E-state index contributed by atoms with van der Waals surface area (Å²) in [5.74, 6) is 6.64. The van der Waals surface area contributed by atoms with Crippen molar-refractivity contribution in [1.82, 2.24) is 4.98 Å². The van der Waals surface area contributed by atoms with Gasteiger partial charge >= 0.3 is 0 Å². The van der Waals surface area contributed by atoms with Gasteiger partial charge in [0.05, 0.1) is 6.04 Å². The predicted molar refractivity (Wildman–Crippen MR) is 80.5 cm³/mol. The fraction of sp³-hybridized carbons (Fsp3) is 0.154.